The van der Waals surface area contributed by atoms with Crippen LogP contribution < -0.4 is 0 Å². The van der Waals surface area contributed by atoms with Gasteiger partial charge in [0.2, 0.25) is 0 Å². The molecule has 3 heterocycles. The second-order valence-corrected chi connectivity index (χ2v) is 5.20. The first-order chi connectivity index (χ1) is 8.29. The number of thiazole rings is 1. The van der Waals surface area contributed by atoms with Crippen LogP contribution in [0.4, 0.5) is 0 Å². The molecule has 2 aromatic rings. The minimum absolute atomic E-state index is 0.325. The summed E-state index contributed by atoms with van der Waals surface area (Å²) < 4.78 is 7.69. The lowest BCUT2D eigenvalue weighted by Crippen LogP contribution is -2.24. The third-order valence-electron chi connectivity index (χ3n) is 2.99. The highest BCUT2D eigenvalue weighted by Gasteiger charge is 2.25. The van der Waals surface area contributed by atoms with Crippen molar-refractivity contribution in [3.8, 4) is 11.5 Å². The summed E-state index contributed by atoms with van der Waals surface area (Å²) in [6, 6.07) is 0.325. The molecular weight excluding hydrogens is 236 g/mol. The molecule has 0 fully saturated rings. The third kappa shape index (κ3) is 1.77. The fraction of sp³-hybridized carbons (Fsp3) is 0.545. The number of hydrogen-bond donors (Lipinski definition) is 0. The van der Waals surface area contributed by atoms with Crippen LogP contribution >= 0.6 is 11.3 Å². The number of aryl methyl sites for hydroxylation is 1. The summed E-state index contributed by atoms with van der Waals surface area (Å²) in [5.41, 5.74) is 0.923. The first-order valence-electron chi connectivity index (χ1n) is 5.73. The van der Waals surface area contributed by atoms with Crippen molar-refractivity contribution in [3.63, 3.8) is 0 Å². The second-order valence-electron chi connectivity index (χ2n) is 4.14. The molecule has 17 heavy (non-hydrogen) atoms. The van der Waals surface area contributed by atoms with Crippen LogP contribution in [-0.2, 0) is 11.3 Å². The van der Waals surface area contributed by atoms with Crippen LogP contribution in [0.1, 0.15) is 30.2 Å². The monoisotopic (exact) mass is 250 g/mol. The van der Waals surface area contributed by atoms with E-state index in [9.17, 15) is 0 Å². The highest BCUT2D eigenvalue weighted by molar-refractivity contribution is 7.09. The van der Waals surface area contributed by atoms with E-state index in [2.05, 4.69) is 26.7 Å². The van der Waals surface area contributed by atoms with Gasteiger partial charge in [-0.05, 0) is 13.3 Å². The Labute approximate surface area is 103 Å². The van der Waals surface area contributed by atoms with E-state index in [1.54, 1.807) is 11.3 Å². The number of ether oxygens (including phenoxy) is 1. The molecule has 6 heteroatoms. The zero-order valence-corrected chi connectivity index (χ0v) is 10.7. The molecule has 0 N–H and O–H groups in total. The third-order valence-corrected chi connectivity index (χ3v) is 3.77. The van der Waals surface area contributed by atoms with Crippen LogP contribution in [0.5, 0.6) is 0 Å². The Morgan fingerprint density at radius 3 is 3.12 bits per heavy atom. The summed E-state index contributed by atoms with van der Waals surface area (Å²) in [6.07, 6.45) is 1.02. The first-order valence-corrected chi connectivity index (χ1v) is 6.61. The van der Waals surface area contributed by atoms with Crippen LogP contribution in [-0.4, -0.2) is 26.4 Å². The molecule has 90 valence electrons. The van der Waals surface area contributed by atoms with Crippen molar-refractivity contribution in [3.05, 3.63) is 16.2 Å². The Hall–Kier alpha value is -1.27. The quantitative estimate of drug-likeness (QED) is 0.820. The number of aromatic nitrogens is 4. The van der Waals surface area contributed by atoms with Gasteiger partial charge in [0.1, 0.15) is 12.3 Å². The van der Waals surface area contributed by atoms with Gasteiger partial charge in [-0.25, -0.2) is 4.98 Å². The molecule has 0 amide bonds. The van der Waals surface area contributed by atoms with E-state index in [1.807, 2.05) is 12.3 Å². The van der Waals surface area contributed by atoms with Crippen molar-refractivity contribution in [2.24, 2.45) is 0 Å². The summed E-state index contributed by atoms with van der Waals surface area (Å²) in [4.78, 5) is 4.48. The maximum Gasteiger partial charge on any atom is 0.183 e. The average Bonchev–Trinajstić information content (AvgIpc) is 2.94. The van der Waals surface area contributed by atoms with E-state index >= 15 is 0 Å². The van der Waals surface area contributed by atoms with Crippen LogP contribution in [0.25, 0.3) is 11.5 Å². The molecule has 0 aromatic carbocycles. The van der Waals surface area contributed by atoms with Crippen molar-refractivity contribution in [1.29, 1.82) is 0 Å². The molecule has 0 bridgehead atoms. The van der Waals surface area contributed by atoms with Gasteiger partial charge < -0.3 is 9.30 Å². The molecule has 0 radical (unpaired) electrons. The first kappa shape index (κ1) is 10.9. The predicted octanol–water partition coefficient (Wildman–Crippen LogP) is 2.19. The molecule has 0 aliphatic carbocycles. The maximum absolute atomic E-state index is 5.51. The van der Waals surface area contributed by atoms with Crippen LogP contribution in [0, 0.1) is 6.92 Å². The topological polar surface area (TPSA) is 52.8 Å². The standard InChI is InChI=1S/C11H14N4OS/c1-3-8-4-16-5-10-13-14-11(15(8)10)9-6-17-7(2)12-9/h6,8H,3-5H2,1-2H3. The molecule has 1 aliphatic heterocycles. The van der Waals surface area contributed by atoms with Crippen molar-refractivity contribution < 1.29 is 4.74 Å². The van der Waals surface area contributed by atoms with E-state index < -0.39 is 0 Å². The highest BCUT2D eigenvalue weighted by Crippen LogP contribution is 2.28. The largest absolute Gasteiger partial charge is 0.371 e. The van der Waals surface area contributed by atoms with Crippen molar-refractivity contribution in [2.45, 2.75) is 32.9 Å². The Bertz CT molecular complexity index is 533. The highest BCUT2D eigenvalue weighted by atomic mass is 32.1. The lowest BCUT2D eigenvalue weighted by Gasteiger charge is -2.24. The summed E-state index contributed by atoms with van der Waals surface area (Å²) in [5, 5.41) is 11.5. The van der Waals surface area contributed by atoms with Crippen molar-refractivity contribution in [2.75, 3.05) is 6.61 Å². The van der Waals surface area contributed by atoms with Crippen LogP contribution in [0.2, 0.25) is 0 Å². The summed E-state index contributed by atoms with van der Waals surface area (Å²) in [6.45, 7) is 5.44. The molecule has 1 aliphatic rings. The van der Waals surface area contributed by atoms with Crippen molar-refractivity contribution >= 4 is 11.3 Å². The van der Waals surface area contributed by atoms with Gasteiger partial charge in [0.25, 0.3) is 0 Å². The molecule has 0 saturated carbocycles. The minimum Gasteiger partial charge on any atom is -0.371 e. The van der Waals surface area contributed by atoms with E-state index in [0.29, 0.717) is 12.6 Å². The van der Waals surface area contributed by atoms with Gasteiger partial charge in [0.05, 0.1) is 17.7 Å². The number of rotatable bonds is 2. The summed E-state index contributed by atoms with van der Waals surface area (Å²) >= 11 is 1.64. The van der Waals surface area contributed by atoms with Gasteiger partial charge in [-0.2, -0.15) is 0 Å². The molecular formula is C11H14N4OS. The smallest absolute Gasteiger partial charge is 0.183 e. The Morgan fingerprint density at radius 2 is 2.41 bits per heavy atom. The van der Waals surface area contributed by atoms with Gasteiger partial charge in [0, 0.05) is 5.38 Å². The predicted molar refractivity (Wildman–Crippen MR) is 64.9 cm³/mol. The molecule has 1 atom stereocenters. The Kier molecular flexibility index (Phi) is 2.68. The van der Waals surface area contributed by atoms with Crippen molar-refractivity contribution in [1.82, 2.24) is 19.7 Å². The molecule has 3 rings (SSSR count). The SMILES string of the molecule is CCC1COCc2nnc(-c3csc(C)n3)n21. The molecule has 2 aromatic heterocycles. The number of hydrogen-bond acceptors (Lipinski definition) is 5. The maximum atomic E-state index is 5.51. The zero-order chi connectivity index (χ0) is 11.8. The number of fused-ring (bicyclic) bond motifs is 1. The normalized spacial score (nSPS) is 19.3. The Morgan fingerprint density at radius 1 is 1.53 bits per heavy atom. The van der Waals surface area contributed by atoms with E-state index in [1.165, 1.54) is 0 Å². The average molecular weight is 250 g/mol. The van der Waals surface area contributed by atoms with Gasteiger partial charge in [0.15, 0.2) is 11.6 Å². The minimum atomic E-state index is 0.325. The summed E-state index contributed by atoms with van der Waals surface area (Å²) in [5.74, 6) is 1.78. The van der Waals surface area contributed by atoms with Gasteiger partial charge in [-0.15, -0.1) is 21.5 Å². The molecule has 0 spiro atoms. The molecule has 0 saturated heterocycles. The molecule has 5 nitrogen and oxygen atoms in total. The van der Waals surface area contributed by atoms with E-state index in [0.717, 1.165) is 35.4 Å². The van der Waals surface area contributed by atoms with E-state index in [-0.39, 0.29) is 0 Å². The zero-order valence-electron chi connectivity index (χ0n) is 9.88. The van der Waals surface area contributed by atoms with Gasteiger partial charge >= 0.3 is 0 Å². The van der Waals surface area contributed by atoms with Gasteiger partial charge in [-0.1, -0.05) is 6.92 Å². The van der Waals surface area contributed by atoms with Crippen LogP contribution in [0.15, 0.2) is 5.38 Å². The fourth-order valence-corrected chi connectivity index (χ4v) is 2.70. The van der Waals surface area contributed by atoms with E-state index in [4.69, 9.17) is 4.74 Å². The Balaban J connectivity index is 2.09. The lowest BCUT2D eigenvalue weighted by molar-refractivity contribution is 0.0542. The second kappa shape index (κ2) is 4.19. The lowest BCUT2D eigenvalue weighted by atomic mass is 10.2. The number of nitrogens with zero attached hydrogens (tertiary/aromatic N) is 4. The summed E-state index contributed by atoms with van der Waals surface area (Å²) in [7, 11) is 0. The fourth-order valence-electron chi connectivity index (χ4n) is 2.11. The molecule has 1 unspecified atom stereocenters. The van der Waals surface area contributed by atoms with Crippen LogP contribution in [0.3, 0.4) is 0 Å². The van der Waals surface area contributed by atoms with Gasteiger partial charge in [-0.3, -0.25) is 0 Å².